The highest BCUT2D eigenvalue weighted by molar-refractivity contribution is 5.93. The average Bonchev–Trinajstić information content (AvgIpc) is 3.81. The summed E-state index contributed by atoms with van der Waals surface area (Å²) in [5.74, 6) is -4.62. The zero-order chi connectivity index (χ0) is 36.2. The van der Waals surface area contributed by atoms with Crippen LogP contribution >= 0.6 is 0 Å². The first-order chi connectivity index (χ1) is 22.4. The SMILES string of the molecule is CC.COC(=O)[C@]12[C@@H]3O[C@@H]3C(C)C[C@@]1(O)C1CC[C@@]3(C)C(=O)[C@@](COC=O)(C(C)OC(C)=O)CCC3[C@@]1(C)[C@H](OC(C)=O)[C@@H]2OC(C)=O. The fourth-order valence-corrected chi connectivity index (χ4v) is 10.8. The maximum Gasteiger partial charge on any atom is 0.321 e. The molecule has 1 aliphatic heterocycles. The number of ether oxygens (including phenoxy) is 6. The van der Waals surface area contributed by atoms with Crippen LogP contribution in [0, 0.1) is 39.4 Å². The van der Waals surface area contributed by atoms with Crippen molar-refractivity contribution in [1.82, 2.24) is 0 Å². The summed E-state index contributed by atoms with van der Waals surface area (Å²) in [5, 5.41) is 13.1. The Morgan fingerprint density at radius 2 is 1.56 bits per heavy atom. The van der Waals surface area contributed by atoms with Gasteiger partial charge in [-0.1, -0.05) is 34.6 Å². The van der Waals surface area contributed by atoms with Crippen molar-refractivity contribution in [3.8, 4) is 0 Å². The lowest BCUT2D eigenvalue weighted by Crippen LogP contribution is -2.82. The molecule has 0 spiro atoms. The molecule has 13 atom stereocenters. The van der Waals surface area contributed by atoms with Gasteiger partial charge in [-0.05, 0) is 56.8 Å². The first-order valence-corrected chi connectivity index (χ1v) is 17.0. The van der Waals surface area contributed by atoms with E-state index in [0.29, 0.717) is 6.42 Å². The van der Waals surface area contributed by atoms with Gasteiger partial charge in [-0.2, -0.15) is 0 Å². The lowest BCUT2D eigenvalue weighted by molar-refractivity contribution is -0.325. The van der Waals surface area contributed by atoms with Gasteiger partial charge in [-0.3, -0.25) is 28.8 Å². The van der Waals surface area contributed by atoms with Gasteiger partial charge >= 0.3 is 23.9 Å². The maximum absolute atomic E-state index is 14.9. The lowest BCUT2D eigenvalue weighted by Gasteiger charge is -2.71. The highest BCUT2D eigenvalue weighted by Gasteiger charge is 2.87. The first-order valence-electron chi connectivity index (χ1n) is 17.0. The van der Waals surface area contributed by atoms with Crippen molar-refractivity contribution in [1.29, 1.82) is 0 Å². The van der Waals surface area contributed by atoms with Crippen LogP contribution in [0.1, 0.15) is 94.4 Å². The Morgan fingerprint density at radius 1 is 0.979 bits per heavy atom. The molecule has 270 valence electrons. The molecule has 13 heteroatoms. The Hall–Kier alpha value is -3.06. The quantitative estimate of drug-likeness (QED) is 0.171. The van der Waals surface area contributed by atoms with E-state index in [2.05, 4.69) is 0 Å². The predicted octanol–water partition coefficient (Wildman–Crippen LogP) is 3.10. The second-order valence-corrected chi connectivity index (χ2v) is 14.7. The highest BCUT2D eigenvalue weighted by Crippen LogP contribution is 2.75. The molecular weight excluding hydrogens is 628 g/mol. The van der Waals surface area contributed by atoms with Crippen LogP contribution in [-0.2, 0) is 57.2 Å². The number of methoxy groups -OCH3 is 1. The second kappa shape index (κ2) is 13.0. The molecular formula is C35H52O13. The number of Topliss-reactive ketones (excluding diaryl/α,β-unsaturated/α-hetero) is 1. The zero-order valence-corrected chi connectivity index (χ0v) is 29.8. The molecule has 4 unspecified atom stereocenters. The van der Waals surface area contributed by atoms with E-state index in [-0.39, 0.29) is 50.5 Å². The summed E-state index contributed by atoms with van der Waals surface area (Å²) < 4.78 is 34.2. The normalized spacial score (nSPS) is 44.3. The molecule has 1 N–H and O–H groups in total. The Labute approximate surface area is 282 Å². The molecule has 0 radical (unpaired) electrons. The number of carbonyl (C=O) groups is 6. The van der Waals surface area contributed by atoms with E-state index < -0.39 is 93.5 Å². The van der Waals surface area contributed by atoms with Crippen molar-refractivity contribution >= 4 is 36.1 Å². The summed E-state index contributed by atoms with van der Waals surface area (Å²) in [7, 11) is 1.19. The molecule has 0 bridgehead atoms. The number of ketones is 1. The molecule has 1 heterocycles. The lowest BCUT2D eigenvalue weighted by atomic mass is 9.34. The molecule has 0 amide bonds. The minimum absolute atomic E-state index is 0.117. The first kappa shape index (κ1) is 37.8. The number of hydrogen-bond acceptors (Lipinski definition) is 13. The van der Waals surface area contributed by atoms with Gasteiger partial charge in [0.25, 0.3) is 6.47 Å². The Balaban J connectivity index is 0.00000255. The number of esters is 4. The standard InChI is InChI=1S/C33H46O13.C2H6/c1-16-13-32(40)22-9-11-29(6)21(10-12-31(27(29)38,14-42-15-34)17(2)43-18(3)35)30(22,7)25(44-19(4)36)26(45-20(5)37)33(32,28(39)41-8)24-23(16)46-24;1-2/h15-17,21-26,40H,9-14H2,1-8H3;1-2H3/t16?,17?,21?,22?,23-,24-,25-,26+,29-,30-,31+,32-,33-;/m1./s1. The number of aliphatic hydroxyl groups is 1. The van der Waals surface area contributed by atoms with Crippen LogP contribution in [0.25, 0.3) is 0 Å². The third-order valence-electron chi connectivity index (χ3n) is 12.5. The molecule has 0 aromatic heterocycles. The Morgan fingerprint density at radius 3 is 2.10 bits per heavy atom. The monoisotopic (exact) mass is 680 g/mol. The predicted molar refractivity (Wildman–Crippen MR) is 167 cm³/mol. The smallest absolute Gasteiger partial charge is 0.321 e. The fourth-order valence-electron chi connectivity index (χ4n) is 10.8. The van der Waals surface area contributed by atoms with Crippen molar-refractivity contribution in [2.24, 2.45) is 39.4 Å². The number of fused-ring (bicyclic) bond motifs is 7. The van der Waals surface area contributed by atoms with Crippen molar-refractivity contribution in [3.05, 3.63) is 0 Å². The van der Waals surface area contributed by atoms with E-state index in [0.717, 1.165) is 0 Å². The van der Waals surface area contributed by atoms with Crippen LogP contribution in [-0.4, -0.2) is 91.1 Å². The van der Waals surface area contributed by atoms with Gasteiger partial charge in [0.2, 0.25) is 0 Å². The fraction of sp³-hybridized carbons (Fsp3) is 0.829. The second-order valence-electron chi connectivity index (χ2n) is 14.7. The van der Waals surface area contributed by atoms with Crippen molar-refractivity contribution in [3.63, 3.8) is 0 Å². The van der Waals surface area contributed by atoms with E-state index in [1.54, 1.807) is 13.8 Å². The van der Waals surface area contributed by atoms with Gasteiger partial charge in [-0.15, -0.1) is 0 Å². The van der Waals surface area contributed by atoms with Crippen LogP contribution in [0.15, 0.2) is 0 Å². The third-order valence-corrected chi connectivity index (χ3v) is 12.5. The average molecular weight is 681 g/mol. The molecule has 13 nitrogen and oxygen atoms in total. The van der Waals surface area contributed by atoms with E-state index in [9.17, 15) is 33.9 Å². The maximum atomic E-state index is 14.9. The Kier molecular flexibility index (Phi) is 10.2. The highest BCUT2D eigenvalue weighted by atomic mass is 16.6. The largest absolute Gasteiger partial charge is 0.468 e. The van der Waals surface area contributed by atoms with Gasteiger partial charge in [0.1, 0.15) is 30.3 Å². The molecule has 4 aliphatic carbocycles. The summed E-state index contributed by atoms with van der Waals surface area (Å²) >= 11 is 0. The van der Waals surface area contributed by atoms with E-state index in [4.69, 9.17) is 28.4 Å². The topological polar surface area (TPSA) is 181 Å². The molecule has 5 aliphatic rings. The minimum Gasteiger partial charge on any atom is -0.468 e. The molecule has 4 saturated carbocycles. The van der Waals surface area contributed by atoms with Crippen molar-refractivity contribution < 1.29 is 62.3 Å². The summed E-state index contributed by atoms with van der Waals surface area (Å²) in [4.78, 5) is 78.0. The summed E-state index contributed by atoms with van der Waals surface area (Å²) in [6, 6.07) is 0. The van der Waals surface area contributed by atoms with Crippen LogP contribution in [0.4, 0.5) is 0 Å². The number of hydrogen-bond donors (Lipinski definition) is 1. The number of epoxide rings is 1. The van der Waals surface area contributed by atoms with E-state index in [1.807, 2.05) is 27.7 Å². The van der Waals surface area contributed by atoms with Gasteiger partial charge in [0, 0.05) is 31.6 Å². The molecule has 0 aromatic rings. The summed E-state index contributed by atoms with van der Waals surface area (Å²) in [6.45, 7) is 14.7. The number of rotatable bonds is 8. The van der Waals surface area contributed by atoms with Crippen molar-refractivity contribution in [2.45, 2.75) is 131 Å². The van der Waals surface area contributed by atoms with Crippen molar-refractivity contribution in [2.75, 3.05) is 13.7 Å². The molecule has 48 heavy (non-hydrogen) atoms. The van der Waals surface area contributed by atoms with E-state index in [1.165, 1.54) is 27.9 Å². The van der Waals surface area contributed by atoms with Crippen LogP contribution in [0.5, 0.6) is 0 Å². The molecule has 1 saturated heterocycles. The van der Waals surface area contributed by atoms with Crippen LogP contribution < -0.4 is 0 Å². The minimum atomic E-state index is -1.91. The summed E-state index contributed by atoms with van der Waals surface area (Å²) in [6.07, 6.45) is -3.91. The van der Waals surface area contributed by atoms with E-state index >= 15 is 0 Å². The Bertz CT molecular complexity index is 1330. The molecule has 5 fully saturated rings. The third kappa shape index (κ3) is 5.08. The van der Waals surface area contributed by atoms with Crippen LogP contribution in [0.2, 0.25) is 0 Å². The number of carbonyl (C=O) groups excluding carboxylic acids is 6. The molecule has 5 rings (SSSR count). The van der Waals surface area contributed by atoms with Gasteiger partial charge in [-0.25, -0.2) is 0 Å². The summed E-state index contributed by atoms with van der Waals surface area (Å²) in [5.41, 5.74) is -7.47. The van der Waals surface area contributed by atoms with Gasteiger partial charge < -0.3 is 33.5 Å². The van der Waals surface area contributed by atoms with Gasteiger partial charge in [0.15, 0.2) is 17.3 Å². The molecule has 0 aromatic carbocycles. The van der Waals surface area contributed by atoms with Crippen LogP contribution in [0.3, 0.4) is 0 Å². The zero-order valence-electron chi connectivity index (χ0n) is 29.8. The van der Waals surface area contributed by atoms with Gasteiger partial charge in [0.05, 0.1) is 18.8 Å².